The third-order valence-electron chi connectivity index (χ3n) is 3.33. The standard InChI is InChI=1S/C17H12N2O6/c20-16(18-12-3-5-13(6-4-12)19(22)23)10-24-14-7-1-11-2-8-17(21)25-15(11)9-14/h1-9H,10H2,(H,18,20). The Kier molecular flexibility index (Phi) is 4.42. The molecule has 0 aliphatic rings. The molecule has 1 aromatic heterocycles. The minimum absolute atomic E-state index is 0.0631. The van der Waals surface area contributed by atoms with Crippen LogP contribution >= 0.6 is 0 Å². The summed E-state index contributed by atoms with van der Waals surface area (Å²) in [6.07, 6.45) is 0. The number of nitrogens with zero attached hydrogens (tertiary/aromatic N) is 1. The summed E-state index contributed by atoms with van der Waals surface area (Å²) in [7, 11) is 0. The maximum atomic E-state index is 11.9. The minimum Gasteiger partial charge on any atom is -0.484 e. The quantitative estimate of drug-likeness (QED) is 0.434. The second-order valence-corrected chi connectivity index (χ2v) is 5.09. The molecule has 0 aliphatic heterocycles. The second kappa shape index (κ2) is 6.83. The van der Waals surface area contributed by atoms with E-state index in [1.807, 2.05) is 0 Å². The Bertz CT molecular complexity index is 994. The van der Waals surface area contributed by atoms with Crippen LogP contribution < -0.4 is 15.7 Å². The van der Waals surface area contributed by atoms with Crippen molar-refractivity contribution in [2.24, 2.45) is 0 Å². The lowest BCUT2D eigenvalue weighted by Crippen LogP contribution is -2.20. The van der Waals surface area contributed by atoms with Gasteiger partial charge in [0.1, 0.15) is 11.3 Å². The number of hydrogen-bond acceptors (Lipinski definition) is 6. The van der Waals surface area contributed by atoms with Gasteiger partial charge in [-0.05, 0) is 30.3 Å². The molecule has 126 valence electrons. The summed E-state index contributed by atoms with van der Waals surface area (Å²) in [6.45, 7) is -0.264. The first-order valence-electron chi connectivity index (χ1n) is 7.22. The summed E-state index contributed by atoms with van der Waals surface area (Å²) in [4.78, 5) is 33.2. The van der Waals surface area contributed by atoms with Crippen LogP contribution in [-0.4, -0.2) is 17.4 Å². The fourth-order valence-corrected chi connectivity index (χ4v) is 2.14. The largest absolute Gasteiger partial charge is 0.484 e. The van der Waals surface area contributed by atoms with Crippen molar-refractivity contribution >= 4 is 28.3 Å². The van der Waals surface area contributed by atoms with E-state index in [0.29, 0.717) is 17.0 Å². The lowest BCUT2D eigenvalue weighted by molar-refractivity contribution is -0.384. The van der Waals surface area contributed by atoms with Crippen molar-refractivity contribution in [3.8, 4) is 5.75 Å². The fourth-order valence-electron chi connectivity index (χ4n) is 2.14. The first-order chi connectivity index (χ1) is 12.0. The number of hydrogen-bond donors (Lipinski definition) is 1. The predicted molar refractivity (Wildman–Crippen MR) is 89.7 cm³/mol. The van der Waals surface area contributed by atoms with Gasteiger partial charge in [0.15, 0.2) is 6.61 Å². The number of amides is 1. The molecule has 3 rings (SSSR count). The summed E-state index contributed by atoms with van der Waals surface area (Å²) in [5.41, 5.74) is 0.247. The Morgan fingerprint density at radius 3 is 2.56 bits per heavy atom. The monoisotopic (exact) mass is 340 g/mol. The summed E-state index contributed by atoms with van der Waals surface area (Å²) in [5, 5.41) is 13.9. The lowest BCUT2D eigenvalue weighted by Gasteiger charge is -2.08. The smallest absolute Gasteiger partial charge is 0.336 e. The molecule has 0 spiro atoms. The molecule has 3 aromatic rings. The van der Waals surface area contributed by atoms with E-state index in [4.69, 9.17) is 9.15 Å². The molecule has 0 radical (unpaired) electrons. The summed E-state index contributed by atoms with van der Waals surface area (Å²) in [5.74, 6) is -0.0517. The minimum atomic E-state index is -0.521. The summed E-state index contributed by atoms with van der Waals surface area (Å²) < 4.78 is 10.4. The predicted octanol–water partition coefficient (Wildman–Crippen LogP) is 2.72. The molecule has 1 heterocycles. The molecule has 8 nitrogen and oxygen atoms in total. The second-order valence-electron chi connectivity index (χ2n) is 5.09. The normalized spacial score (nSPS) is 10.4. The highest BCUT2D eigenvalue weighted by molar-refractivity contribution is 5.92. The number of carbonyl (C=O) groups excluding carboxylic acids is 1. The molecule has 0 fully saturated rings. The van der Waals surface area contributed by atoms with Crippen molar-refractivity contribution in [1.82, 2.24) is 0 Å². The maximum absolute atomic E-state index is 11.9. The van der Waals surface area contributed by atoms with Gasteiger partial charge in [-0.2, -0.15) is 0 Å². The van der Waals surface area contributed by atoms with Crippen molar-refractivity contribution < 1.29 is 18.9 Å². The number of ether oxygens (including phenoxy) is 1. The van der Waals surface area contributed by atoms with Crippen molar-refractivity contribution in [2.75, 3.05) is 11.9 Å². The van der Waals surface area contributed by atoms with Gasteiger partial charge in [0.25, 0.3) is 11.6 Å². The summed E-state index contributed by atoms with van der Waals surface area (Å²) >= 11 is 0. The van der Waals surface area contributed by atoms with Crippen molar-refractivity contribution in [1.29, 1.82) is 0 Å². The topological polar surface area (TPSA) is 112 Å². The number of carbonyl (C=O) groups is 1. The molecule has 8 heteroatoms. The van der Waals surface area contributed by atoms with Crippen LogP contribution in [0.15, 0.2) is 63.8 Å². The number of anilines is 1. The average Bonchev–Trinajstić information content (AvgIpc) is 2.60. The lowest BCUT2D eigenvalue weighted by atomic mass is 10.2. The number of benzene rings is 2. The average molecular weight is 340 g/mol. The Balaban J connectivity index is 1.62. The van der Waals surface area contributed by atoms with E-state index >= 15 is 0 Å². The van der Waals surface area contributed by atoms with Gasteiger partial charge >= 0.3 is 5.63 Å². The van der Waals surface area contributed by atoms with E-state index in [1.54, 1.807) is 18.2 Å². The first-order valence-corrected chi connectivity index (χ1v) is 7.22. The molecule has 0 saturated heterocycles. The van der Waals surface area contributed by atoms with Crippen LogP contribution in [0.25, 0.3) is 11.0 Å². The van der Waals surface area contributed by atoms with Gasteiger partial charge in [0, 0.05) is 35.3 Å². The Hall–Kier alpha value is -3.68. The number of nitro groups is 1. The van der Waals surface area contributed by atoms with Gasteiger partial charge in [-0.3, -0.25) is 14.9 Å². The van der Waals surface area contributed by atoms with E-state index < -0.39 is 16.5 Å². The SMILES string of the molecule is O=C(COc1ccc2ccc(=O)oc2c1)Nc1ccc([N+](=O)[O-])cc1. The van der Waals surface area contributed by atoms with E-state index in [-0.39, 0.29) is 12.3 Å². The van der Waals surface area contributed by atoms with Crippen LogP contribution in [0.5, 0.6) is 5.75 Å². The Morgan fingerprint density at radius 2 is 1.84 bits per heavy atom. The number of nitrogens with one attached hydrogen (secondary N) is 1. The molecule has 1 N–H and O–H groups in total. The van der Waals surface area contributed by atoms with Crippen LogP contribution in [-0.2, 0) is 4.79 Å². The van der Waals surface area contributed by atoms with Gasteiger partial charge in [-0.25, -0.2) is 4.79 Å². The van der Waals surface area contributed by atoms with Gasteiger partial charge in [-0.1, -0.05) is 0 Å². The molecule has 2 aromatic carbocycles. The van der Waals surface area contributed by atoms with Crippen molar-refractivity contribution in [3.05, 3.63) is 75.1 Å². The zero-order valence-corrected chi connectivity index (χ0v) is 12.8. The molecule has 0 bridgehead atoms. The van der Waals surface area contributed by atoms with Crippen molar-refractivity contribution in [3.63, 3.8) is 0 Å². The zero-order valence-electron chi connectivity index (χ0n) is 12.8. The molecule has 1 amide bonds. The molecule has 0 unspecified atom stereocenters. The van der Waals surface area contributed by atoms with E-state index in [9.17, 15) is 19.7 Å². The number of fused-ring (bicyclic) bond motifs is 1. The Morgan fingerprint density at radius 1 is 1.12 bits per heavy atom. The first kappa shape index (κ1) is 16.2. The molecule has 0 atom stereocenters. The van der Waals surface area contributed by atoms with Crippen LogP contribution in [0.3, 0.4) is 0 Å². The zero-order chi connectivity index (χ0) is 17.8. The number of rotatable bonds is 5. The molecule has 25 heavy (non-hydrogen) atoms. The van der Waals surface area contributed by atoms with Crippen LogP contribution in [0.2, 0.25) is 0 Å². The maximum Gasteiger partial charge on any atom is 0.336 e. The molecule has 0 aliphatic carbocycles. The van der Waals surface area contributed by atoms with Crippen molar-refractivity contribution in [2.45, 2.75) is 0 Å². The highest BCUT2D eigenvalue weighted by Crippen LogP contribution is 2.19. The number of nitro benzene ring substituents is 1. The molecular formula is C17H12N2O6. The summed E-state index contributed by atoms with van der Waals surface area (Å²) in [6, 6.07) is 13.3. The van der Waals surface area contributed by atoms with Crippen LogP contribution in [0, 0.1) is 10.1 Å². The van der Waals surface area contributed by atoms with Gasteiger partial charge in [0.05, 0.1) is 4.92 Å². The van der Waals surface area contributed by atoms with E-state index in [2.05, 4.69) is 5.32 Å². The highest BCUT2D eigenvalue weighted by atomic mass is 16.6. The Labute approximate surface area is 140 Å². The molecular weight excluding hydrogens is 328 g/mol. The van der Waals surface area contributed by atoms with E-state index in [0.717, 1.165) is 5.39 Å². The van der Waals surface area contributed by atoms with Crippen LogP contribution in [0.4, 0.5) is 11.4 Å². The fraction of sp³-hybridized carbons (Fsp3) is 0.0588. The van der Waals surface area contributed by atoms with Gasteiger partial charge in [-0.15, -0.1) is 0 Å². The third kappa shape index (κ3) is 3.99. The third-order valence-corrected chi connectivity index (χ3v) is 3.33. The highest BCUT2D eigenvalue weighted by Gasteiger charge is 2.08. The van der Waals surface area contributed by atoms with E-state index in [1.165, 1.54) is 36.4 Å². The van der Waals surface area contributed by atoms with Crippen LogP contribution in [0.1, 0.15) is 0 Å². The van der Waals surface area contributed by atoms with Gasteiger partial charge in [0.2, 0.25) is 0 Å². The number of non-ortho nitro benzene ring substituents is 1. The molecule has 0 saturated carbocycles. The van der Waals surface area contributed by atoms with Gasteiger partial charge < -0.3 is 14.5 Å².